The van der Waals surface area contributed by atoms with Gasteiger partial charge >= 0.3 is 0 Å². The van der Waals surface area contributed by atoms with Crippen LogP contribution in [0.2, 0.25) is 0 Å². The number of amides is 2. The molecule has 2 atom stereocenters. The first-order valence-electron chi connectivity index (χ1n) is 9.26. The number of aromatic nitrogens is 2. The molecule has 2 amide bonds. The van der Waals surface area contributed by atoms with Crippen molar-refractivity contribution in [1.82, 2.24) is 20.6 Å². The van der Waals surface area contributed by atoms with Crippen molar-refractivity contribution >= 4 is 23.4 Å². The van der Waals surface area contributed by atoms with Gasteiger partial charge in [0.25, 0.3) is 0 Å². The van der Waals surface area contributed by atoms with E-state index in [1.807, 2.05) is 0 Å². The number of hydrogen-bond acceptors (Lipinski definition) is 8. The van der Waals surface area contributed by atoms with E-state index in [0.717, 1.165) is 0 Å². The number of nitrogens with one attached hydrogen (secondary N) is 2. The van der Waals surface area contributed by atoms with Crippen molar-refractivity contribution in [3.63, 3.8) is 0 Å². The van der Waals surface area contributed by atoms with Crippen LogP contribution in [0.4, 0.5) is 0 Å². The summed E-state index contributed by atoms with van der Waals surface area (Å²) in [6.45, 7) is 4.05. The summed E-state index contributed by atoms with van der Waals surface area (Å²) in [6, 6.07) is 1.60. The second-order valence-electron chi connectivity index (χ2n) is 6.65. The molecule has 0 aliphatic carbocycles. The van der Waals surface area contributed by atoms with E-state index in [4.69, 9.17) is 11.5 Å². The first kappa shape index (κ1) is 22.8. The fraction of sp³-hybridized carbons (Fsp3) is 0.300. The molecule has 2 aromatic heterocycles. The van der Waals surface area contributed by atoms with E-state index in [1.165, 1.54) is 36.9 Å². The van der Waals surface area contributed by atoms with Crippen LogP contribution in [0.25, 0.3) is 0 Å². The molecule has 0 radical (unpaired) electrons. The molecule has 30 heavy (non-hydrogen) atoms. The standard InChI is InChI=1S/C20H24N6O4/c1-11(17(27)15-9-23-5-3-13(15)19(21)29)25-7-8-26-12(2)18(28)16-10-24-6-4-14(16)20(22)30/h3-6,9-12,25-26H,7-8H2,1-2H3,(H2,21,29)(H2,22,30). The van der Waals surface area contributed by atoms with Crippen LogP contribution >= 0.6 is 0 Å². The topological polar surface area (TPSA) is 170 Å². The van der Waals surface area contributed by atoms with Gasteiger partial charge in [0.05, 0.1) is 34.3 Å². The molecule has 10 nitrogen and oxygen atoms in total. The minimum Gasteiger partial charge on any atom is -0.366 e. The van der Waals surface area contributed by atoms with Gasteiger partial charge < -0.3 is 22.1 Å². The van der Waals surface area contributed by atoms with Gasteiger partial charge in [0.15, 0.2) is 11.6 Å². The molecule has 2 unspecified atom stereocenters. The van der Waals surface area contributed by atoms with Gasteiger partial charge in [0.1, 0.15) is 0 Å². The maximum Gasteiger partial charge on any atom is 0.249 e. The van der Waals surface area contributed by atoms with Crippen molar-refractivity contribution in [3.8, 4) is 0 Å². The Labute approximate surface area is 173 Å². The highest BCUT2D eigenvalue weighted by Crippen LogP contribution is 2.10. The molecule has 2 heterocycles. The lowest BCUT2D eigenvalue weighted by Crippen LogP contribution is -2.42. The lowest BCUT2D eigenvalue weighted by molar-refractivity contribution is 0.0926. The lowest BCUT2D eigenvalue weighted by Gasteiger charge is -2.17. The number of pyridine rings is 2. The number of Topliss-reactive ketones (excluding diaryl/α,β-unsaturated/α-hetero) is 2. The zero-order chi connectivity index (χ0) is 22.3. The number of ketones is 2. The van der Waals surface area contributed by atoms with E-state index in [1.54, 1.807) is 13.8 Å². The van der Waals surface area contributed by atoms with Crippen molar-refractivity contribution in [1.29, 1.82) is 0 Å². The van der Waals surface area contributed by atoms with Crippen LogP contribution in [-0.4, -0.2) is 58.5 Å². The highest BCUT2D eigenvalue weighted by molar-refractivity contribution is 6.10. The number of nitrogens with zero attached hydrogens (tertiary/aromatic N) is 2. The zero-order valence-corrected chi connectivity index (χ0v) is 16.7. The first-order chi connectivity index (χ1) is 14.2. The molecule has 0 aliphatic rings. The zero-order valence-electron chi connectivity index (χ0n) is 16.7. The number of primary amides is 2. The van der Waals surface area contributed by atoms with Crippen molar-refractivity contribution in [2.24, 2.45) is 11.5 Å². The van der Waals surface area contributed by atoms with Gasteiger partial charge in [0, 0.05) is 37.9 Å². The van der Waals surface area contributed by atoms with Gasteiger partial charge in [-0.15, -0.1) is 0 Å². The number of carbonyl (C=O) groups is 4. The predicted molar refractivity (Wildman–Crippen MR) is 109 cm³/mol. The number of hydrogen-bond donors (Lipinski definition) is 4. The van der Waals surface area contributed by atoms with Gasteiger partial charge in [-0.2, -0.15) is 0 Å². The molecule has 0 bridgehead atoms. The summed E-state index contributed by atoms with van der Waals surface area (Å²) >= 11 is 0. The fourth-order valence-corrected chi connectivity index (χ4v) is 2.84. The number of carbonyl (C=O) groups excluding carboxylic acids is 4. The molecule has 0 spiro atoms. The summed E-state index contributed by atoms with van der Waals surface area (Å²) in [6.07, 6.45) is 5.40. The van der Waals surface area contributed by atoms with Crippen molar-refractivity contribution in [3.05, 3.63) is 59.2 Å². The van der Waals surface area contributed by atoms with Gasteiger partial charge in [0.2, 0.25) is 11.8 Å². The van der Waals surface area contributed by atoms with Crippen LogP contribution in [0.5, 0.6) is 0 Å². The molecule has 6 N–H and O–H groups in total. The highest BCUT2D eigenvalue weighted by atomic mass is 16.2. The van der Waals surface area contributed by atoms with E-state index >= 15 is 0 Å². The van der Waals surface area contributed by atoms with Crippen molar-refractivity contribution in [2.45, 2.75) is 25.9 Å². The third-order valence-corrected chi connectivity index (χ3v) is 4.52. The molecule has 0 fully saturated rings. The molecule has 0 aromatic carbocycles. The molecule has 2 aromatic rings. The van der Waals surface area contributed by atoms with E-state index in [0.29, 0.717) is 13.1 Å². The minimum atomic E-state index is -0.701. The van der Waals surface area contributed by atoms with E-state index in [9.17, 15) is 19.2 Å². The maximum atomic E-state index is 12.6. The SMILES string of the molecule is CC(NCCNC(C)C(=O)c1cnccc1C(N)=O)C(=O)c1cnccc1C(N)=O. The van der Waals surface area contributed by atoms with Crippen molar-refractivity contribution < 1.29 is 19.2 Å². The summed E-state index contributed by atoms with van der Waals surface area (Å²) in [7, 11) is 0. The van der Waals surface area contributed by atoms with E-state index in [2.05, 4.69) is 20.6 Å². The molecular formula is C20H24N6O4. The van der Waals surface area contributed by atoms with Crippen LogP contribution < -0.4 is 22.1 Å². The van der Waals surface area contributed by atoms with Gasteiger partial charge in [-0.05, 0) is 26.0 Å². The third kappa shape index (κ3) is 5.52. The van der Waals surface area contributed by atoms with Crippen LogP contribution in [0.1, 0.15) is 55.3 Å². The molecule has 2 rings (SSSR count). The first-order valence-corrected chi connectivity index (χ1v) is 9.26. The molecule has 0 saturated heterocycles. The largest absolute Gasteiger partial charge is 0.366 e. The summed E-state index contributed by atoms with van der Waals surface area (Å²) in [5.74, 6) is -2.04. The Morgan fingerprint density at radius 2 is 1.13 bits per heavy atom. The Morgan fingerprint density at radius 1 is 0.767 bits per heavy atom. The van der Waals surface area contributed by atoms with Gasteiger partial charge in [-0.25, -0.2) is 0 Å². The smallest absolute Gasteiger partial charge is 0.249 e. The average Bonchev–Trinajstić information content (AvgIpc) is 2.75. The summed E-state index contributed by atoms with van der Waals surface area (Å²) in [4.78, 5) is 55.8. The Balaban J connectivity index is 1.89. The number of nitrogens with two attached hydrogens (primary N) is 2. The van der Waals surface area contributed by atoms with Gasteiger partial charge in [-0.1, -0.05) is 0 Å². The Bertz CT molecular complexity index is 884. The summed E-state index contributed by atoms with van der Waals surface area (Å²) in [5, 5.41) is 6.04. The van der Waals surface area contributed by atoms with Crippen molar-refractivity contribution in [2.75, 3.05) is 13.1 Å². The third-order valence-electron chi connectivity index (χ3n) is 4.52. The lowest BCUT2D eigenvalue weighted by atomic mass is 10.0. The van der Waals surface area contributed by atoms with Crippen LogP contribution in [-0.2, 0) is 0 Å². The monoisotopic (exact) mass is 412 g/mol. The normalized spacial score (nSPS) is 12.7. The van der Waals surface area contributed by atoms with Gasteiger partial charge in [-0.3, -0.25) is 29.1 Å². The molecular weight excluding hydrogens is 388 g/mol. The van der Waals surface area contributed by atoms with E-state index < -0.39 is 23.9 Å². The predicted octanol–water partition coefficient (Wildman–Crippen LogP) is -0.304. The Hall–Kier alpha value is -3.50. The van der Waals surface area contributed by atoms with Crippen LogP contribution in [0.15, 0.2) is 36.9 Å². The summed E-state index contributed by atoms with van der Waals surface area (Å²) in [5.41, 5.74) is 11.1. The second-order valence-corrected chi connectivity index (χ2v) is 6.65. The molecule has 0 saturated carbocycles. The Morgan fingerprint density at radius 3 is 1.47 bits per heavy atom. The highest BCUT2D eigenvalue weighted by Gasteiger charge is 2.22. The quantitative estimate of drug-likeness (QED) is 0.288. The molecule has 0 aliphatic heterocycles. The average molecular weight is 412 g/mol. The van der Waals surface area contributed by atoms with Crippen LogP contribution in [0, 0.1) is 0 Å². The molecule has 10 heteroatoms. The maximum absolute atomic E-state index is 12.6. The van der Waals surface area contributed by atoms with E-state index in [-0.39, 0.29) is 33.8 Å². The summed E-state index contributed by atoms with van der Waals surface area (Å²) < 4.78 is 0. The number of rotatable bonds is 11. The second kappa shape index (κ2) is 10.3. The van der Waals surface area contributed by atoms with Crippen LogP contribution in [0.3, 0.4) is 0 Å². The Kier molecular flexibility index (Phi) is 7.84. The fourth-order valence-electron chi connectivity index (χ4n) is 2.84. The molecule has 158 valence electrons. The minimum absolute atomic E-state index is 0.114.